The Morgan fingerprint density at radius 3 is 2.67 bits per heavy atom. The summed E-state index contributed by atoms with van der Waals surface area (Å²) in [5.74, 6) is 1.23. The van der Waals surface area contributed by atoms with E-state index in [1.165, 1.54) is 7.11 Å². The number of aromatic nitrogens is 2. The van der Waals surface area contributed by atoms with Crippen molar-refractivity contribution in [1.29, 1.82) is 0 Å². The molecule has 2 aromatic rings. The first-order chi connectivity index (χ1) is 8.67. The molecule has 0 unspecified atom stereocenters. The molecule has 0 saturated heterocycles. The van der Waals surface area contributed by atoms with Crippen molar-refractivity contribution < 1.29 is 4.74 Å². The molecule has 94 valence electrons. The molecule has 1 aromatic carbocycles. The zero-order chi connectivity index (χ0) is 13.0. The minimum absolute atomic E-state index is 0.174. The topological polar surface area (TPSA) is 73.1 Å². The third-order valence-electron chi connectivity index (χ3n) is 2.32. The summed E-state index contributed by atoms with van der Waals surface area (Å²) in [5.41, 5.74) is 6.66. The Morgan fingerprint density at radius 1 is 1.28 bits per heavy atom. The summed E-state index contributed by atoms with van der Waals surface area (Å²) < 4.78 is 5.01. The Labute approximate surface area is 110 Å². The zero-order valence-electron chi connectivity index (χ0n) is 9.85. The molecule has 0 radical (unpaired) electrons. The average Bonchev–Trinajstić information content (AvgIpc) is 2.37. The van der Waals surface area contributed by atoms with Gasteiger partial charge in [-0.1, -0.05) is 23.7 Å². The van der Waals surface area contributed by atoms with Gasteiger partial charge in [0.15, 0.2) is 0 Å². The van der Waals surface area contributed by atoms with E-state index in [-0.39, 0.29) is 5.95 Å². The Kier molecular flexibility index (Phi) is 3.84. The molecule has 2 rings (SSSR count). The number of anilines is 2. The SMILES string of the molecule is COc1cc(NCc2ccc(Cl)cc2)nc(N)n1. The van der Waals surface area contributed by atoms with Crippen LogP contribution in [-0.2, 0) is 6.54 Å². The van der Waals surface area contributed by atoms with Gasteiger partial charge in [-0.25, -0.2) is 0 Å². The van der Waals surface area contributed by atoms with E-state index in [0.717, 1.165) is 5.56 Å². The highest BCUT2D eigenvalue weighted by molar-refractivity contribution is 6.30. The monoisotopic (exact) mass is 264 g/mol. The summed E-state index contributed by atoms with van der Waals surface area (Å²) in [6, 6.07) is 9.25. The average molecular weight is 265 g/mol. The molecule has 18 heavy (non-hydrogen) atoms. The number of nitrogens with one attached hydrogen (secondary N) is 1. The molecule has 1 aromatic heterocycles. The van der Waals surface area contributed by atoms with Crippen LogP contribution in [0.2, 0.25) is 5.02 Å². The summed E-state index contributed by atoms with van der Waals surface area (Å²) in [7, 11) is 1.53. The van der Waals surface area contributed by atoms with Crippen LogP contribution in [0.15, 0.2) is 30.3 Å². The number of methoxy groups -OCH3 is 1. The van der Waals surface area contributed by atoms with Crippen LogP contribution in [0, 0.1) is 0 Å². The Hall–Kier alpha value is -2.01. The lowest BCUT2D eigenvalue weighted by Gasteiger charge is -2.07. The van der Waals surface area contributed by atoms with Gasteiger partial charge >= 0.3 is 0 Å². The molecule has 3 N–H and O–H groups in total. The van der Waals surface area contributed by atoms with Gasteiger partial charge < -0.3 is 15.8 Å². The Balaban J connectivity index is 2.05. The van der Waals surface area contributed by atoms with Crippen LogP contribution in [0.3, 0.4) is 0 Å². The second-order valence-corrected chi connectivity index (χ2v) is 4.07. The first-order valence-corrected chi connectivity index (χ1v) is 5.72. The smallest absolute Gasteiger partial charge is 0.225 e. The number of hydrogen-bond donors (Lipinski definition) is 2. The van der Waals surface area contributed by atoms with Gasteiger partial charge in [-0.3, -0.25) is 0 Å². The van der Waals surface area contributed by atoms with Crippen molar-refractivity contribution in [2.75, 3.05) is 18.2 Å². The lowest BCUT2D eigenvalue weighted by molar-refractivity contribution is 0.398. The zero-order valence-corrected chi connectivity index (χ0v) is 10.6. The fraction of sp³-hybridized carbons (Fsp3) is 0.167. The lowest BCUT2D eigenvalue weighted by atomic mass is 10.2. The van der Waals surface area contributed by atoms with Gasteiger partial charge in [0.2, 0.25) is 11.8 Å². The molecule has 0 aliphatic rings. The van der Waals surface area contributed by atoms with E-state index < -0.39 is 0 Å². The molecule has 0 atom stereocenters. The van der Waals surface area contributed by atoms with Gasteiger partial charge in [-0.15, -0.1) is 0 Å². The van der Waals surface area contributed by atoms with Crippen molar-refractivity contribution in [3.8, 4) is 5.88 Å². The van der Waals surface area contributed by atoms with Gasteiger partial charge in [0.25, 0.3) is 0 Å². The van der Waals surface area contributed by atoms with Crippen molar-refractivity contribution in [2.45, 2.75) is 6.54 Å². The second kappa shape index (κ2) is 5.55. The van der Waals surface area contributed by atoms with E-state index in [1.807, 2.05) is 24.3 Å². The van der Waals surface area contributed by atoms with Crippen molar-refractivity contribution in [2.24, 2.45) is 0 Å². The Morgan fingerprint density at radius 2 is 2.00 bits per heavy atom. The number of nitrogens with zero attached hydrogens (tertiary/aromatic N) is 2. The maximum Gasteiger partial charge on any atom is 0.225 e. The molecule has 0 bridgehead atoms. The molecule has 0 aliphatic heterocycles. The van der Waals surface area contributed by atoms with Gasteiger partial charge in [0.05, 0.1) is 7.11 Å². The molecular formula is C12H13ClN4O. The van der Waals surface area contributed by atoms with E-state index in [1.54, 1.807) is 6.07 Å². The number of benzene rings is 1. The molecule has 1 heterocycles. The van der Waals surface area contributed by atoms with Crippen molar-refractivity contribution in [3.05, 3.63) is 40.9 Å². The molecule has 5 nitrogen and oxygen atoms in total. The predicted octanol–water partition coefficient (Wildman–Crippen LogP) is 2.33. The molecule has 6 heteroatoms. The van der Waals surface area contributed by atoms with Crippen LogP contribution < -0.4 is 15.8 Å². The molecule has 0 saturated carbocycles. The van der Waals surface area contributed by atoms with Crippen LogP contribution in [0.25, 0.3) is 0 Å². The van der Waals surface area contributed by atoms with Gasteiger partial charge in [0.1, 0.15) is 5.82 Å². The van der Waals surface area contributed by atoms with Crippen LogP contribution in [0.4, 0.5) is 11.8 Å². The second-order valence-electron chi connectivity index (χ2n) is 3.63. The number of halogens is 1. The summed E-state index contributed by atoms with van der Waals surface area (Å²) >= 11 is 5.82. The van der Waals surface area contributed by atoms with Crippen molar-refractivity contribution >= 4 is 23.4 Å². The minimum Gasteiger partial charge on any atom is -0.481 e. The van der Waals surface area contributed by atoms with Gasteiger partial charge in [0, 0.05) is 17.6 Å². The van der Waals surface area contributed by atoms with Crippen LogP contribution >= 0.6 is 11.6 Å². The largest absolute Gasteiger partial charge is 0.481 e. The summed E-state index contributed by atoms with van der Waals surface area (Å²) in [4.78, 5) is 7.97. The number of nitrogens with two attached hydrogens (primary N) is 1. The maximum atomic E-state index is 5.82. The minimum atomic E-state index is 0.174. The molecule has 0 fully saturated rings. The molecule has 0 aliphatic carbocycles. The first kappa shape index (κ1) is 12.4. The van der Waals surface area contributed by atoms with E-state index in [0.29, 0.717) is 23.3 Å². The highest BCUT2D eigenvalue weighted by Crippen LogP contribution is 2.15. The first-order valence-electron chi connectivity index (χ1n) is 5.34. The quantitative estimate of drug-likeness (QED) is 0.887. The van der Waals surface area contributed by atoms with E-state index in [2.05, 4.69) is 15.3 Å². The summed E-state index contributed by atoms with van der Waals surface area (Å²) in [5, 5.41) is 3.86. The Bertz CT molecular complexity index is 530. The lowest BCUT2D eigenvalue weighted by Crippen LogP contribution is -2.05. The molecule has 0 amide bonds. The van der Waals surface area contributed by atoms with Gasteiger partial charge in [-0.05, 0) is 17.7 Å². The third kappa shape index (κ3) is 3.24. The standard InChI is InChI=1S/C12H13ClN4O/c1-18-11-6-10(16-12(14)17-11)15-7-8-2-4-9(13)5-3-8/h2-6H,7H2,1H3,(H3,14,15,16,17). The summed E-state index contributed by atoms with van der Waals surface area (Å²) in [6.07, 6.45) is 0. The van der Waals surface area contributed by atoms with Gasteiger partial charge in [-0.2, -0.15) is 9.97 Å². The number of rotatable bonds is 4. The van der Waals surface area contributed by atoms with Crippen LogP contribution in [-0.4, -0.2) is 17.1 Å². The number of hydrogen-bond acceptors (Lipinski definition) is 5. The summed E-state index contributed by atoms with van der Waals surface area (Å²) in [6.45, 7) is 0.622. The fourth-order valence-electron chi connectivity index (χ4n) is 1.43. The normalized spacial score (nSPS) is 10.1. The van der Waals surface area contributed by atoms with E-state index >= 15 is 0 Å². The highest BCUT2D eigenvalue weighted by Gasteiger charge is 2.02. The van der Waals surface area contributed by atoms with Crippen LogP contribution in [0.5, 0.6) is 5.88 Å². The number of nitrogen functional groups attached to an aromatic ring is 1. The highest BCUT2D eigenvalue weighted by atomic mass is 35.5. The van der Waals surface area contributed by atoms with Crippen molar-refractivity contribution in [1.82, 2.24) is 9.97 Å². The fourth-order valence-corrected chi connectivity index (χ4v) is 1.56. The maximum absolute atomic E-state index is 5.82. The van der Waals surface area contributed by atoms with E-state index in [9.17, 15) is 0 Å². The predicted molar refractivity (Wildman–Crippen MR) is 71.8 cm³/mol. The third-order valence-corrected chi connectivity index (χ3v) is 2.57. The number of ether oxygens (including phenoxy) is 1. The van der Waals surface area contributed by atoms with Crippen LogP contribution in [0.1, 0.15) is 5.56 Å². The molecular weight excluding hydrogens is 252 g/mol. The van der Waals surface area contributed by atoms with Crippen molar-refractivity contribution in [3.63, 3.8) is 0 Å². The van der Waals surface area contributed by atoms with E-state index in [4.69, 9.17) is 22.1 Å². The molecule has 0 spiro atoms.